The lowest BCUT2D eigenvalue weighted by Crippen LogP contribution is -2.48. The number of hydrogen-bond donors (Lipinski definition) is 0. The number of halogens is 1. The van der Waals surface area contributed by atoms with E-state index < -0.39 is 0 Å². The fourth-order valence-electron chi connectivity index (χ4n) is 3.96. The van der Waals surface area contributed by atoms with Crippen LogP contribution in [0.4, 0.5) is 9.52 Å². The fraction of sp³-hybridized carbons (Fsp3) is 0.292. The molecule has 9 heteroatoms. The van der Waals surface area contributed by atoms with Gasteiger partial charge in [-0.1, -0.05) is 11.3 Å². The Balaban J connectivity index is 1.30. The molecule has 0 N–H and O–H groups in total. The van der Waals surface area contributed by atoms with Gasteiger partial charge in [0.15, 0.2) is 10.8 Å². The molecule has 2 aromatic carbocycles. The number of amides is 1. The van der Waals surface area contributed by atoms with Crippen molar-refractivity contribution < 1.29 is 13.9 Å². The van der Waals surface area contributed by atoms with Crippen LogP contribution in [0.25, 0.3) is 16.0 Å². The normalized spacial score (nSPS) is 14.2. The van der Waals surface area contributed by atoms with Crippen LogP contribution in [0.5, 0.6) is 5.75 Å². The molecule has 5 rings (SSSR count). The Labute approximate surface area is 195 Å². The van der Waals surface area contributed by atoms with E-state index in [-0.39, 0.29) is 11.7 Å². The second-order valence-corrected chi connectivity index (χ2v) is 8.84. The molecule has 7 nitrogen and oxygen atoms in total. The molecule has 0 radical (unpaired) electrons. The third kappa shape index (κ3) is 4.16. The SMILES string of the molecule is CCOc1ccc(C(=O)N2CCN(c3nc4c(s3)c(C)nn4-c3ccc(F)cc3)CC2)cc1. The highest BCUT2D eigenvalue weighted by molar-refractivity contribution is 7.22. The first-order chi connectivity index (χ1) is 16.0. The Morgan fingerprint density at radius 3 is 2.42 bits per heavy atom. The van der Waals surface area contributed by atoms with Gasteiger partial charge in [-0.25, -0.2) is 9.07 Å². The Bertz CT molecular complexity index is 1270. The van der Waals surface area contributed by atoms with Crippen molar-refractivity contribution in [3.05, 3.63) is 65.6 Å². The predicted octanol–water partition coefficient (Wildman–Crippen LogP) is 4.29. The highest BCUT2D eigenvalue weighted by Gasteiger charge is 2.25. The number of rotatable bonds is 5. The van der Waals surface area contributed by atoms with Crippen LogP contribution in [-0.4, -0.2) is 58.4 Å². The molecule has 0 spiro atoms. The number of thiazole rings is 1. The Morgan fingerprint density at radius 1 is 1.06 bits per heavy atom. The quantitative estimate of drug-likeness (QED) is 0.440. The summed E-state index contributed by atoms with van der Waals surface area (Å²) in [5, 5.41) is 5.50. The van der Waals surface area contributed by atoms with Gasteiger partial charge in [0.25, 0.3) is 5.91 Å². The first-order valence-corrected chi connectivity index (χ1v) is 11.7. The van der Waals surface area contributed by atoms with Gasteiger partial charge in [0.1, 0.15) is 11.6 Å². The second-order valence-electron chi connectivity index (χ2n) is 7.86. The molecule has 0 atom stereocenters. The van der Waals surface area contributed by atoms with Crippen LogP contribution >= 0.6 is 11.3 Å². The molecular formula is C24H24FN5O2S. The summed E-state index contributed by atoms with van der Waals surface area (Å²) in [6.07, 6.45) is 0. The molecule has 0 unspecified atom stereocenters. The first-order valence-electron chi connectivity index (χ1n) is 10.9. The third-order valence-corrected chi connectivity index (χ3v) is 6.91. The van der Waals surface area contributed by atoms with Gasteiger partial charge in [-0.15, -0.1) is 0 Å². The molecule has 4 aromatic rings. The minimum absolute atomic E-state index is 0.0322. The lowest BCUT2D eigenvalue weighted by atomic mass is 10.1. The maximum atomic E-state index is 13.3. The van der Waals surface area contributed by atoms with E-state index in [1.165, 1.54) is 12.1 Å². The maximum Gasteiger partial charge on any atom is 0.253 e. The summed E-state index contributed by atoms with van der Waals surface area (Å²) in [5.41, 5.74) is 3.11. The monoisotopic (exact) mass is 465 g/mol. The van der Waals surface area contributed by atoms with Gasteiger partial charge in [0, 0.05) is 31.7 Å². The van der Waals surface area contributed by atoms with E-state index in [0.29, 0.717) is 38.3 Å². The van der Waals surface area contributed by atoms with E-state index in [1.54, 1.807) is 28.2 Å². The highest BCUT2D eigenvalue weighted by atomic mass is 32.1. The summed E-state index contributed by atoms with van der Waals surface area (Å²) < 4.78 is 21.6. The Morgan fingerprint density at radius 2 is 1.76 bits per heavy atom. The summed E-state index contributed by atoms with van der Waals surface area (Å²) in [5.74, 6) is 0.518. The van der Waals surface area contributed by atoms with E-state index in [4.69, 9.17) is 9.72 Å². The average Bonchev–Trinajstić information content (AvgIpc) is 3.41. The molecule has 1 amide bonds. The van der Waals surface area contributed by atoms with Gasteiger partial charge in [0.05, 0.1) is 22.7 Å². The van der Waals surface area contributed by atoms with Crippen LogP contribution in [0.15, 0.2) is 48.5 Å². The summed E-state index contributed by atoms with van der Waals surface area (Å²) in [7, 11) is 0. The van der Waals surface area contributed by atoms with Crippen molar-refractivity contribution in [1.82, 2.24) is 19.7 Å². The van der Waals surface area contributed by atoms with Crippen molar-refractivity contribution in [2.24, 2.45) is 0 Å². The molecule has 1 aliphatic rings. The highest BCUT2D eigenvalue weighted by Crippen LogP contribution is 2.33. The van der Waals surface area contributed by atoms with E-state index in [9.17, 15) is 9.18 Å². The number of ether oxygens (including phenoxy) is 1. The molecule has 1 aliphatic heterocycles. The first kappa shape index (κ1) is 21.4. The van der Waals surface area contributed by atoms with Crippen molar-refractivity contribution in [1.29, 1.82) is 0 Å². The van der Waals surface area contributed by atoms with Gasteiger partial charge in [-0.3, -0.25) is 4.79 Å². The number of nitrogens with zero attached hydrogens (tertiary/aromatic N) is 5. The van der Waals surface area contributed by atoms with E-state index in [1.807, 2.05) is 43.0 Å². The average molecular weight is 466 g/mol. The van der Waals surface area contributed by atoms with Crippen molar-refractivity contribution >= 4 is 32.7 Å². The minimum atomic E-state index is -0.282. The van der Waals surface area contributed by atoms with Crippen LogP contribution in [0, 0.1) is 12.7 Å². The number of benzene rings is 2. The van der Waals surface area contributed by atoms with E-state index in [2.05, 4.69) is 10.00 Å². The number of anilines is 1. The van der Waals surface area contributed by atoms with Gasteiger partial charge >= 0.3 is 0 Å². The lowest BCUT2D eigenvalue weighted by molar-refractivity contribution is 0.0746. The zero-order chi connectivity index (χ0) is 22.9. The number of hydrogen-bond acceptors (Lipinski definition) is 6. The second kappa shape index (κ2) is 8.82. The standard InChI is InChI=1S/C24H24FN5O2S/c1-3-32-20-10-4-17(5-11-20)23(31)28-12-14-29(15-13-28)24-26-22-21(33-24)16(2)27-30(22)19-8-6-18(25)7-9-19/h4-11H,3,12-15H2,1-2H3. The molecule has 0 aliphatic carbocycles. The molecule has 1 saturated heterocycles. The predicted molar refractivity (Wildman–Crippen MR) is 127 cm³/mol. The number of aromatic nitrogens is 3. The third-order valence-electron chi connectivity index (χ3n) is 5.70. The van der Waals surface area contributed by atoms with Crippen molar-refractivity contribution in [3.8, 4) is 11.4 Å². The molecule has 33 heavy (non-hydrogen) atoms. The molecule has 0 bridgehead atoms. The number of piperazine rings is 1. The van der Waals surface area contributed by atoms with Crippen molar-refractivity contribution in [2.75, 3.05) is 37.7 Å². The van der Waals surface area contributed by atoms with Crippen LogP contribution in [0.1, 0.15) is 23.0 Å². The largest absolute Gasteiger partial charge is 0.494 e. The van der Waals surface area contributed by atoms with Crippen LogP contribution in [0.3, 0.4) is 0 Å². The van der Waals surface area contributed by atoms with Crippen molar-refractivity contribution in [2.45, 2.75) is 13.8 Å². The summed E-state index contributed by atoms with van der Waals surface area (Å²) in [6, 6.07) is 13.5. The zero-order valence-corrected chi connectivity index (χ0v) is 19.3. The van der Waals surface area contributed by atoms with Gasteiger partial charge in [0.2, 0.25) is 0 Å². The smallest absolute Gasteiger partial charge is 0.253 e. The number of carbonyl (C=O) groups excluding carboxylic acids is 1. The summed E-state index contributed by atoms with van der Waals surface area (Å²) >= 11 is 1.60. The molecular weight excluding hydrogens is 441 g/mol. The molecule has 2 aromatic heterocycles. The van der Waals surface area contributed by atoms with Crippen LogP contribution in [-0.2, 0) is 0 Å². The van der Waals surface area contributed by atoms with Gasteiger partial charge in [-0.05, 0) is 62.4 Å². The number of fused-ring (bicyclic) bond motifs is 1. The molecule has 3 heterocycles. The maximum absolute atomic E-state index is 13.3. The Hall–Kier alpha value is -3.46. The van der Waals surface area contributed by atoms with Gasteiger partial charge < -0.3 is 14.5 Å². The van der Waals surface area contributed by atoms with Crippen LogP contribution in [0.2, 0.25) is 0 Å². The van der Waals surface area contributed by atoms with Crippen LogP contribution < -0.4 is 9.64 Å². The van der Waals surface area contributed by atoms with E-state index in [0.717, 1.165) is 32.6 Å². The van der Waals surface area contributed by atoms with E-state index >= 15 is 0 Å². The topological polar surface area (TPSA) is 63.5 Å². The molecule has 1 fully saturated rings. The summed E-state index contributed by atoms with van der Waals surface area (Å²) in [6.45, 7) is 7.17. The Kier molecular flexibility index (Phi) is 5.72. The molecule has 170 valence electrons. The molecule has 0 saturated carbocycles. The number of aryl methyl sites for hydroxylation is 1. The zero-order valence-electron chi connectivity index (χ0n) is 18.5. The van der Waals surface area contributed by atoms with Gasteiger partial charge in [-0.2, -0.15) is 10.1 Å². The fourth-order valence-corrected chi connectivity index (χ4v) is 5.00. The summed E-state index contributed by atoms with van der Waals surface area (Å²) in [4.78, 5) is 21.8. The minimum Gasteiger partial charge on any atom is -0.494 e. The lowest BCUT2D eigenvalue weighted by Gasteiger charge is -2.34. The number of carbonyl (C=O) groups is 1. The van der Waals surface area contributed by atoms with Crippen molar-refractivity contribution in [3.63, 3.8) is 0 Å².